The lowest BCUT2D eigenvalue weighted by Gasteiger charge is -2.27. The Hall–Kier alpha value is -0.470. The van der Waals surface area contributed by atoms with Crippen molar-refractivity contribution < 1.29 is 13.6 Å². The third kappa shape index (κ3) is 4.26. The van der Waals surface area contributed by atoms with Crippen molar-refractivity contribution in [1.82, 2.24) is 5.32 Å². The number of piperidine rings is 1. The Labute approximate surface area is 136 Å². The molecule has 1 aliphatic rings. The summed E-state index contributed by atoms with van der Waals surface area (Å²) in [6, 6.07) is 2.58. The van der Waals surface area contributed by atoms with E-state index < -0.39 is 11.6 Å². The Balaban J connectivity index is 0.00000200. The lowest BCUT2D eigenvalue weighted by Crippen LogP contribution is -2.40. The van der Waals surface area contributed by atoms with Gasteiger partial charge in [0.1, 0.15) is 11.6 Å². The van der Waals surface area contributed by atoms with Crippen molar-refractivity contribution in [2.45, 2.75) is 25.8 Å². The smallest absolute Gasteiger partial charge is 0.227 e. The zero-order valence-corrected chi connectivity index (χ0v) is 13.9. The maximum Gasteiger partial charge on any atom is 0.227 e. The molecule has 2 rings (SSSR count). The second kappa shape index (κ2) is 7.51. The third-order valence-electron chi connectivity index (χ3n) is 3.25. The zero-order chi connectivity index (χ0) is 14.0. The van der Waals surface area contributed by atoms with Crippen molar-refractivity contribution in [3.63, 3.8) is 0 Å². The summed E-state index contributed by atoms with van der Waals surface area (Å²) in [4.78, 5) is 12.0. The van der Waals surface area contributed by atoms with Crippen molar-refractivity contribution in [1.29, 1.82) is 0 Å². The van der Waals surface area contributed by atoms with Crippen molar-refractivity contribution >= 4 is 46.6 Å². The molecule has 0 aromatic heterocycles. The molecule has 0 radical (unpaired) electrons. The van der Waals surface area contributed by atoms with Crippen LogP contribution in [-0.2, 0) is 4.79 Å². The number of carbonyl (C=O) groups excluding carboxylic acids is 1. The molecule has 112 valence electrons. The highest BCUT2D eigenvalue weighted by Gasteiger charge is 2.25. The van der Waals surface area contributed by atoms with Gasteiger partial charge in [-0.15, -0.1) is 12.4 Å². The maximum atomic E-state index is 13.4. The highest BCUT2D eigenvalue weighted by molar-refractivity contribution is 14.1. The highest BCUT2D eigenvalue weighted by Crippen LogP contribution is 2.22. The molecule has 0 spiro atoms. The molecule has 0 saturated carbocycles. The number of hydrogen-bond donors (Lipinski definition) is 2. The predicted molar refractivity (Wildman–Crippen MR) is 85.1 cm³/mol. The van der Waals surface area contributed by atoms with Crippen molar-refractivity contribution in [3.05, 3.63) is 27.3 Å². The standard InChI is InChI=1S/C13H15F2IN2O.ClH/c1-7-4-8(2-3-17-7)13(19)18-9-5-10(14)12(16)11(15)6-9;/h5-8,17H,2-4H2,1H3,(H,18,19);1H/t7-,8-;/m0./s1. The summed E-state index contributed by atoms with van der Waals surface area (Å²) in [5.41, 5.74) is 0.173. The fourth-order valence-electron chi connectivity index (χ4n) is 2.24. The van der Waals surface area contributed by atoms with Gasteiger partial charge in [0.15, 0.2) is 0 Å². The minimum Gasteiger partial charge on any atom is -0.326 e. The van der Waals surface area contributed by atoms with Crippen molar-refractivity contribution in [2.24, 2.45) is 5.92 Å². The van der Waals surface area contributed by atoms with Crippen molar-refractivity contribution in [3.8, 4) is 0 Å². The van der Waals surface area contributed by atoms with E-state index in [0.29, 0.717) is 0 Å². The summed E-state index contributed by atoms with van der Waals surface area (Å²) >= 11 is 1.59. The molecule has 0 unspecified atom stereocenters. The molecule has 2 N–H and O–H groups in total. The number of hydrogen-bond acceptors (Lipinski definition) is 2. The number of nitrogens with one attached hydrogen (secondary N) is 2. The average molecular weight is 417 g/mol. The SMILES string of the molecule is C[C@H]1C[C@@H](C(=O)Nc2cc(F)c(I)c(F)c2)CCN1.Cl. The maximum absolute atomic E-state index is 13.4. The van der Waals surface area contributed by atoms with Gasteiger partial charge in [-0.1, -0.05) is 0 Å². The van der Waals surface area contributed by atoms with Crippen LogP contribution in [0.4, 0.5) is 14.5 Å². The number of amides is 1. The van der Waals surface area contributed by atoms with Gasteiger partial charge in [0.05, 0.1) is 3.57 Å². The Bertz CT molecular complexity index is 478. The number of rotatable bonds is 2. The van der Waals surface area contributed by atoms with Gasteiger partial charge in [0.2, 0.25) is 5.91 Å². The fraction of sp³-hybridized carbons (Fsp3) is 0.462. The lowest BCUT2D eigenvalue weighted by molar-refractivity contribution is -0.120. The highest BCUT2D eigenvalue weighted by atomic mass is 127. The van der Waals surface area contributed by atoms with Crippen LogP contribution in [0.2, 0.25) is 0 Å². The van der Waals surface area contributed by atoms with Gasteiger partial charge < -0.3 is 10.6 Å². The molecule has 3 nitrogen and oxygen atoms in total. The molecule has 0 aliphatic carbocycles. The van der Waals surface area contributed by atoms with Crippen LogP contribution in [0, 0.1) is 21.1 Å². The normalized spacial score (nSPS) is 22.0. The van der Waals surface area contributed by atoms with E-state index in [1.165, 1.54) is 0 Å². The van der Waals surface area contributed by atoms with E-state index >= 15 is 0 Å². The molecule has 1 aromatic rings. The molecule has 0 bridgehead atoms. The van der Waals surface area contributed by atoms with E-state index in [1.807, 2.05) is 6.92 Å². The van der Waals surface area contributed by atoms with E-state index in [2.05, 4.69) is 10.6 Å². The Kier molecular flexibility index (Phi) is 6.60. The van der Waals surface area contributed by atoms with Crippen LogP contribution in [0.1, 0.15) is 19.8 Å². The molecular formula is C13H16ClF2IN2O. The first-order valence-electron chi connectivity index (χ1n) is 6.16. The topological polar surface area (TPSA) is 41.1 Å². The number of benzene rings is 1. The largest absolute Gasteiger partial charge is 0.326 e. The van der Waals surface area contributed by atoms with Gasteiger partial charge in [-0.25, -0.2) is 8.78 Å². The molecule has 1 fully saturated rings. The van der Waals surface area contributed by atoms with Crippen LogP contribution in [0.15, 0.2) is 12.1 Å². The second-order valence-electron chi connectivity index (χ2n) is 4.82. The minimum absolute atomic E-state index is 0. The van der Waals surface area contributed by atoms with Gasteiger partial charge in [-0.3, -0.25) is 4.79 Å². The van der Waals surface area contributed by atoms with E-state index in [-0.39, 0.29) is 39.5 Å². The quantitative estimate of drug-likeness (QED) is 0.574. The van der Waals surface area contributed by atoms with Crippen LogP contribution in [0.3, 0.4) is 0 Å². The summed E-state index contributed by atoms with van der Waals surface area (Å²) in [6.07, 6.45) is 1.48. The van der Waals surface area contributed by atoms with Gasteiger partial charge in [-0.2, -0.15) is 0 Å². The van der Waals surface area contributed by atoms with E-state index in [9.17, 15) is 13.6 Å². The summed E-state index contributed by atoms with van der Waals surface area (Å²) in [5.74, 6) is -1.60. The van der Waals surface area contributed by atoms with Gasteiger partial charge >= 0.3 is 0 Å². The van der Waals surface area contributed by atoms with Crippen LogP contribution in [-0.4, -0.2) is 18.5 Å². The van der Waals surface area contributed by atoms with E-state index in [4.69, 9.17) is 0 Å². The zero-order valence-electron chi connectivity index (χ0n) is 10.9. The predicted octanol–water partition coefficient (Wildman–Crippen LogP) is 3.32. The van der Waals surface area contributed by atoms with Gasteiger partial charge in [-0.05, 0) is 61.0 Å². The van der Waals surface area contributed by atoms with E-state index in [0.717, 1.165) is 31.5 Å². The number of halogens is 4. The van der Waals surface area contributed by atoms with Crippen LogP contribution in [0.25, 0.3) is 0 Å². The molecule has 20 heavy (non-hydrogen) atoms. The van der Waals surface area contributed by atoms with Gasteiger partial charge in [0, 0.05) is 17.6 Å². The van der Waals surface area contributed by atoms with Crippen LogP contribution >= 0.6 is 35.0 Å². The Morgan fingerprint density at radius 3 is 2.55 bits per heavy atom. The van der Waals surface area contributed by atoms with Gasteiger partial charge in [0.25, 0.3) is 0 Å². The Morgan fingerprint density at radius 2 is 2.00 bits per heavy atom. The monoisotopic (exact) mass is 416 g/mol. The molecule has 1 saturated heterocycles. The molecule has 1 amide bonds. The van der Waals surface area contributed by atoms with Crippen molar-refractivity contribution in [2.75, 3.05) is 11.9 Å². The summed E-state index contributed by atoms with van der Waals surface area (Å²) in [7, 11) is 0. The lowest BCUT2D eigenvalue weighted by atomic mass is 9.92. The molecule has 1 heterocycles. The van der Waals surface area contributed by atoms with Crippen LogP contribution < -0.4 is 10.6 Å². The first-order valence-corrected chi connectivity index (χ1v) is 7.24. The average Bonchev–Trinajstić information content (AvgIpc) is 2.36. The minimum atomic E-state index is -0.658. The summed E-state index contributed by atoms with van der Waals surface area (Å²) in [5, 5.41) is 5.85. The molecular weight excluding hydrogens is 401 g/mol. The molecule has 1 aliphatic heterocycles. The first-order chi connectivity index (χ1) is 8.97. The molecule has 2 atom stereocenters. The van der Waals surface area contributed by atoms with Crippen LogP contribution in [0.5, 0.6) is 0 Å². The Morgan fingerprint density at radius 1 is 1.40 bits per heavy atom. The number of anilines is 1. The summed E-state index contributed by atoms with van der Waals surface area (Å²) < 4.78 is 26.7. The van der Waals surface area contributed by atoms with E-state index in [1.54, 1.807) is 22.6 Å². The summed E-state index contributed by atoms with van der Waals surface area (Å²) in [6.45, 7) is 2.80. The second-order valence-corrected chi connectivity index (χ2v) is 5.90. The fourth-order valence-corrected chi connectivity index (χ4v) is 2.55. The molecule has 1 aromatic carbocycles. The third-order valence-corrected chi connectivity index (χ3v) is 4.28. The molecule has 7 heteroatoms. The number of carbonyl (C=O) groups is 1. The first kappa shape index (κ1) is 17.6.